The van der Waals surface area contributed by atoms with E-state index < -0.39 is 6.10 Å². The second kappa shape index (κ2) is 69.6. The first-order valence-electron chi connectivity index (χ1n) is 36.7. The van der Waals surface area contributed by atoms with Gasteiger partial charge in [0.25, 0.3) is 0 Å². The SMILES string of the molecule is CCCCC/C=C\CCCCCCCC(=O)OCC(COC(=O)CCCCCCCCCCCCCCCCCCCCCCCCCCCCCCCCC)OC(=O)CCCCCCCCCCCCCCCCCCCCC. The van der Waals surface area contributed by atoms with Gasteiger partial charge in [-0.1, -0.05) is 373 Å². The largest absolute Gasteiger partial charge is 0.462 e. The maximum Gasteiger partial charge on any atom is 0.306 e. The monoisotopic (exact) mass is 1130 g/mol. The Kier molecular flexibility index (Phi) is 68.0. The average molecular weight is 1130 g/mol. The minimum Gasteiger partial charge on any atom is -0.462 e. The number of carbonyl (C=O) groups is 3. The van der Waals surface area contributed by atoms with E-state index in [-0.39, 0.29) is 31.1 Å². The average Bonchev–Trinajstić information content (AvgIpc) is 3.46. The minimum absolute atomic E-state index is 0.0658. The Hall–Kier alpha value is -1.85. The first-order valence-corrected chi connectivity index (χ1v) is 36.7. The predicted molar refractivity (Wildman–Crippen MR) is 349 cm³/mol. The van der Waals surface area contributed by atoms with E-state index in [1.54, 1.807) is 0 Å². The molecule has 6 nitrogen and oxygen atoms in total. The number of hydrogen-bond donors (Lipinski definition) is 0. The van der Waals surface area contributed by atoms with Gasteiger partial charge in [0.05, 0.1) is 0 Å². The Morgan fingerprint density at radius 1 is 0.237 bits per heavy atom. The lowest BCUT2D eigenvalue weighted by Gasteiger charge is -2.18. The summed E-state index contributed by atoms with van der Waals surface area (Å²) in [6.45, 7) is 6.70. The van der Waals surface area contributed by atoms with Crippen LogP contribution in [0.1, 0.15) is 425 Å². The summed E-state index contributed by atoms with van der Waals surface area (Å²) < 4.78 is 17.0. The van der Waals surface area contributed by atoms with Crippen LogP contribution in [0.3, 0.4) is 0 Å². The Labute approximate surface area is 501 Å². The number of allylic oxidation sites excluding steroid dienone is 2. The molecule has 0 amide bonds. The highest BCUT2D eigenvalue weighted by Crippen LogP contribution is 2.20. The lowest BCUT2D eigenvalue weighted by atomic mass is 10.0. The maximum atomic E-state index is 12.9. The van der Waals surface area contributed by atoms with Gasteiger partial charge in [-0.15, -0.1) is 0 Å². The third-order valence-electron chi connectivity index (χ3n) is 17.0. The van der Waals surface area contributed by atoms with Gasteiger partial charge >= 0.3 is 17.9 Å². The van der Waals surface area contributed by atoms with Gasteiger partial charge in [-0.2, -0.15) is 0 Å². The normalized spacial score (nSPS) is 12.0. The summed E-state index contributed by atoms with van der Waals surface area (Å²) in [6, 6.07) is 0. The molecule has 0 aliphatic rings. The van der Waals surface area contributed by atoms with E-state index in [1.165, 1.54) is 321 Å². The Balaban J connectivity index is 4.09. The molecule has 1 atom stereocenters. The second-order valence-corrected chi connectivity index (χ2v) is 25.2. The van der Waals surface area contributed by atoms with Crippen molar-refractivity contribution >= 4 is 17.9 Å². The second-order valence-electron chi connectivity index (χ2n) is 25.2. The topological polar surface area (TPSA) is 78.9 Å². The molecule has 0 rings (SSSR count). The number of rotatable bonds is 69. The van der Waals surface area contributed by atoms with Crippen LogP contribution in [0.2, 0.25) is 0 Å². The van der Waals surface area contributed by atoms with E-state index in [0.717, 1.165) is 64.2 Å². The van der Waals surface area contributed by atoms with Crippen LogP contribution in [-0.4, -0.2) is 37.2 Å². The van der Waals surface area contributed by atoms with Gasteiger partial charge in [0.2, 0.25) is 0 Å². The van der Waals surface area contributed by atoms with E-state index in [1.807, 2.05) is 0 Å². The van der Waals surface area contributed by atoms with Gasteiger partial charge in [0.15, 0.2) is 6.10 Å². The Morgan fingerprint density at radius 2 is 0.412 bits per heavy atom. The van der Waals surface area contributed by atoms with E-state index in [2.05, 4.69) is 32.9 Å². The fourth-order valence-electron chi connectivity index (χ4n) is 11.5. The van der Waals surface area contributed by atoms with Crippen molar-refractivity contribution in [3.05, 3.63) is 12.2 Å². The van der Waals surface area contributed by atoms with Crippen molar-refractivity contribution < 1.29 is 28.6 Å². The molecular formula is C74H142O6. The lowest BCUT2D eigenvalue weighted by Crippen LogP contribution is -2.30. The Bertz CT molecular complexity index is 1250. The smallest absolute Gasteiger partial charge is 0.306 e. The summed E-state index contributed by atoms with van der Waals surface area (Å²) in [5, 5.41) is 0. The third kappa shape index (κ3) is 66.9. The molecule has 0 saturated heterocycles. The zero-order valence-electron chi connectivity index (χ0n) is 54.6. The quantitative estimate of drug-likeness (QED) is 0.0261. The van der Waals surface area contributed by atoms with Crippen LogP contribution in [-0.2, 0) is 28.6 Å². The van der Waals surface area contributed by atoms with Gasteiger partial charge in [-0.25, -0.2) is 0 Å². The molecule has 0 spiro atoms. The van der Waals surface area contributed by atoms with E-state index >= 15 is 0 Å². The maximum absolute atomic E-state index is 12.9. The summed E-state index contributed by atoms with van der Waals surface area (Å²) in [5.74, 6) is -0.841. The molecule has 0 aromatic carbocycles. The third-order valence-corrected chi connectivity index (χ3v) is 17.0. The van der Waals surface area contributed by atoms with Crippen molar-refractivity contribution in [1.82, 2.24) is 0 Å². The first kappa shape index (κ1) is 78.1. The lowest BCUT2D eigenvalue weighted by molar-refractivity contribution is -0.167. The van der Waals surface area contributed by atoms with Crippen molar-refractivity contribution in [2.24, 2.45) is 0 Å². The number of unbranched alkanes of at least 4 members (excludes halogenated alkanes) is 56. The van der Waals surface area contributed by atoms with Gasteiger partial charge in [0, 0.05) is 19.3 Å². The molecule has 0 radical (unpaired) electrons. The molecule has 0 fully saturated rings. The van der Waals surface area contributed by atoms with Crippen molar-refractivity contribution in [3.8, 4) is 0 Å². The summed E-state index contributed by atoms with van der Waals surface area (Å²) in [7, 11) is 0. The summed E-state index contributed by atoms with van der Waals surface area (Å²) >= 11 is 0. The highest BCUT2D eigenvalue weighted by atomic mass is 16.6. The standard InChI is InChI=1S/C74H142O6/c1-4-7-10-13-16-19-22-25-27-29-31-32-33-34-35-36-37-38-39-40-41-42-44-45-47-49-52-55-58-61-64-67-73(76)79-70-71(69-78-72(75)66-63-60-57-54-51-24-21-18-15-12-9-6-3)80-74(77)68-65-62-59-56-53-50-48-46-43-30-28-26-23-20-17-14-11-8-5-2/h18,21,71H,4-17,19-20,22-70H2,1-3H3/b21-18-. The van der Waals surface area contributed by atoms with Crippen LogP contribution < -0.4 is 0 Å². The van der Waals surface area contributed by atoms with Crippen LogP contribution >= 0.6 is 0 Å². The van der Waals surface area contributed by atoms with Gasteiger partial charge in [-0.3, -0.25) is 14.4 Å². The van der Waals surface area contributed by atoms with Crippen LogP contribution in [0.5, 0.6) is 0 Å². The van der Waals surface area contributed by atoms with Crippen LogP contribution in [0, 0.1) is 0 Å². The van der Waals surface area contributed by atoms with Crippen LogP contribution in [0.15, 0.2) is 12.2 Å². The highest BCUT2D eigenvalue weighted by molar-refractivity contribution is 5.71. The molecule has 6 heteroatoms. The molecule has 0 aromatic heterocycles. The summed E-state index contributed by atoms with van der Waals surface area (Å²) in [5.41, 5.74) is 0. The molecule has 0 bridgehead atoms. The van der Waals surface area contributed by atoms with Gasteiger partial charge < -0.3 is 14.2 Å². The molecule has 0 aromatic rings. The molecule has 0 heterocycles. The summed E-state index contributed by atoms with van der Waals surface area (Å²) in [4.78, 5) is 38.4. The van der Waals surface area contributed by atoms with E-state index in [9.17, 15) is 14.4 Å². The number of carbonyl (C=O) groups excluding carboxylic acids is 3. The zero-order valence-corrected chi connectivity index (χ0v) is 54.6. The van der Waals surface area contributed by atoms with Gasteiger partial charge in [-0.05, 0) is 44.9 Å². The number of esters is 3. The molecule has 0 saturated carbocycles. The van der Waals surface area contributed by atoms with E-state index in [0.29, 0.717) is 19.3 Å². The zero-order chi connectivity index (χ0) is 57.8. The fraction of sp³-hybridized carbons (Fsp3) is 0.932. The number of hydrogen-bond acceptors (Lipinski definition) is 6. The molecule has 474 valence electrons. The number of ether oxygens (including phenoxy) is 3. The molecule has 0 aliphatic carbocycles. The fourth-order valence-corrected chi connectivity index (χ4v) is 11.5. The molecular weight excluding hydrogens is 985 g/mol. The van der Waals surface area contributed by atoms with Crippen molar-refractivity contribution in [2.75, 3.05) is 13.2 Å². The summed E-state index contributed by atoms with van der Waals surface area (Å²) in [6.07, 6.45) is 84.1. The molecule has 1 unspecified atom stereocenters. The highest BCUT2D eigenvalue weighted by Gasteiger charge is 2.20. The van der Waals surface area contributed by atoms with Crippen molar-refractivity contribution in [1.29, 1.82) is 0 Å². The first-order chi connectivity index (χ1) is 39.5. The Morgan fingerprint density at radius 3 is 0.650 bits per heavy atom. The van der Waals surface area contributed by atoms with Crippen LogP contribution in [0.4, 0.5) is 0 Å². The predicted octanol–water partition coefficient (Wildman–Crippen LogP) is 25.2. The van der Waals surface area contributed by atoms with Crippen molar-refractivity contribution in [2.45, 2.75) is 431 Å². The van der Waals surface area contributed by atoms with Crippen molar-refractivity contribution in [3.63, 3.8) is 0 Å². The van der Waals surface area contributed by atoms with E-state index in [4.69, 9.17) is 14.2 Å². The molecule has 0 N–H and O–H groups in total. The van der Waals surface area contributed by atoms with Crippen LogP contribution in [0.25, 0.3) is 0 Å². The molecule has 80 heavy (non-hydrogen) atoms. The minimum atomic E-state index is -0.769. The van der Waals surface area contributed by atoms with Gasteiger partial charge in [0.1, 0.15) is 13.2 Å². The molecule has 0 aliphatic heterocycles.